The fourth-order valence-corrected chi connectivity index (χ4v) is 0.682. The maximum atomic E-state index is 5.67. The molecule has 0 aliphatic heterocycles. The van der Waals surface area contributed by atoms with Crippen molar-refractivity contribution in [2.45, 2.75) is 15.6 Å². The molecule has 0 fully saturated rings. The van der Waals surface area contributed by atoms with Gasteiger partial charge in [0.05, 0.1) is 0 Å². The van der Waals surface area contributed by atoms with Crippen molar-refractivity contribution < 1.29 is 0 Å². The first-order chi connectivity index (χ1) is 3.81. The molecule has 0 rings (SSSR count). The number of hydrogen-bond donors (Lipinski definition) is 0. The van der Waals surface area contributed by atoms with Gasteiger partial charge < -0.3 is 0 Å². The van der Waals surface area contributed by atoms with E-state index in [9.17, 15) is 0 Å². The van der Waals surface area contributed by atoms with Crippen molar-refractivity contribution in [1.82, 2.24) is 0 Å². The molecule has 56 valence electrons. The number of alkyl halides is 5. The summed E-state index contributed by atoms with van der Waals surface area (Å²) < 4.78 is -1.50. The summed E-state index contributed by atoms with van der Waals surface area (Å²) in [5, 5.41) is 0. The van der Waals surface area contributed by atoms with E-state index in [1.807, 2.05) is 0 Å². The van der Waals surface area contributed by atoms with E-state index in [1.165, 1.54) is 0 Å². The second kappa shape index (κ2) is 3.23. The summed E-state index contributed by atoms with van der Waals surface area (Å²) in [5.74, 6) is 0.102. The molecule has 0 unspecified atom stereocenters. The first-order valence-corrected chi connectivity index (χ1v) is 4.17. The van der Waals surface area contributed by atoms with Crippen molar-refractivity contribution in [2.24, 2.45) is 0 Å². The zero-order valence-electron chi connectivity index (χ0n) is 4.60. The Morgan fingerprint density at radius 1 is 1.11 bits per heavy atom. The second-order valence-electron chi connectivity index (χ2n) is 1.83. The van der Waals surface area contributed by atoms with Gasteiger partial charge in [0.2, 0.25) is 3.79 Å². The van der Waals surface area contributed by atoms with Crippen LogP contribution in [0.15, 0.2) is 0 Å². The molecule has 0 saturated heterocycles. The Bertz CT molecular complexity index is 91.6. The third-order valence-corrected chi connectivity index (χ3v) is 3.47. The van der Waals surface area contributed by atoms with Crippen LogP contribution in [0.2, 0.25) is 0 Å². The number of hydrogen-bond acceptors (Lipinski definition) is 0. The summed E-state index contributed by atoms with van der Waals surface area (Å²) in [6.45, 7) is 1.56. The fourth-order valence-electron chi connectivity index (χ4n) is 0.0758. The van der Waals surface area contributed by atoms with E-state index in [0.29, 0.717) is 0 Å². The molecule has 1 atom stereocenters. The normalized spacial score (nSPS) is 19.3. The van der Waals surface area contributed by atoms with Crippen LogP contribution in [0.5, 0.6) is 0 Å². The molecule has 0 aromatic rings. The highest BCUT2D eigenvalue weighted by atomic mass is 35.6. The molecule has 9 heavy (non-hydrogen) atoms. The molecule has 0 aliphatic rings. The van der Waals surface area contributed by atoms with Gasteiger partial charge >= 0.3 is 0 Å². The van der Waals surface area contributed by atoms with E-state index in [-0.39, 0.29) is 5.88 Å². The summed E-state index contributed by atoms with van der Waals surface area (Å²) >= 11 is 27.4. The third-order valence-electron chi connectivity index (χ3n) is 0.842. The van der Waals surface area contributed by atoms with E-state index in [1.54, 1.807) is 6.92 Å². The van der Waals surface area contributed by atoms with Crippen molar-refractivity contribution in [3.05, 3.63) is 0 Å². The Hall–Kier alpha value is 1.45. The van der Waals surface area contributed by atoms with Gasteiger partial charge in [-0.2, -0.15) is 0 Å². The molecule has 0 spiro atoms. The van der Waals surface area contributed by atoms with Gasteiger partial charge in [0.25, 0.3) is 0 Å². The van der Waals surface area contributed by atoms with E-state index in [4.69, 9.17) is 58.0 Å². The molecule has 0 nitrogen and oxygen atoms in total. The maximum absolute atomic E-state index is 5.67. The van der Waals surface area contributed by atoms with Crippen LogP contribution in [0.4, 0.5) is 0 Å². The summed E-state index contributed by atoms with van der Waals surface area (Å²) in [6, 6.07) is 0. The minimum Gasteiger partial charge on any atom is -0.125 e. The number of rotatable bonds is 1. The van der Waals surface area contributed by atoms with Gasteiger partial charge in [-0.15, -0.1) is 23.2 Å². The zero-order chi connectivity index (χ0) is 7.71. The highest BCUT2D eigenvalue weighted by Gasteiger charge is 2.42. The minimum atomic E-state index is -1.50. The Morgan fingerprint density at radius 3 is 1.44 bits per heavy atom. The van der Waals surface area contributed by atoms with Crippen molar-refractivity contribution in [3.8, 4) is 0 Å². The first-order valence-electron chi connectivity index (χ1n) is 2.13. The molecular weight excluding hydrogens is 225 g/mol. The standard InChI is InChI=1S/C4H5Cl5/c1-3(6,2-5)4(7,8)9/h2H2,1H3/t3-/m0/s1. The SMILES string of the molecule is C[C@](Cl)(CCl)C(Cl)(Cl)Cl. The highest BCUT2D eigenvalue weighted by Crippen LogP contribution is 2.43. The van der Waals surface area contributed by atoms with Gasteiger partial charge in [-0.25, -0.2) is 0 Å². The van der Waals surface area contributed by atoms with Crippen molar-refractivity contribution in [3.63, 3.8) is 0 Å². The van der Waals surface area contributed by atoms with E-state index in [0.717, 1.165) is 0 Å². The summed E-state index contributed by atoms with van der Waals surface area (Å²) in [5.41, 5.74) is 0. The topological polar surface area (TPSA) is 0 Å². The van der Waals surface area contributed by atoms with E-state index >= 15 is 0 Å². The van der Waals surface area contributed by atoms with Gasteiger partial charge in [0.15, 0.2) is 0 Å². The summed E-state index contributed by atoms with van der Waals surface area (Å²) in [6.07, 6.45) is 0. The van der Waals surface area contributed by atoms with Crippen LogP contribution in [-0.2, 0) is 0 Å². The molecule has 0 saturated carbocycles. The van der Waals surface area contributed by atoms with Crippen LogP contribution in [-0.4, -0.2) is 14.5 Å². The lowest BCUT2D eigenvalue weighted by molar-refractivity contribution is 0.726. The summed E-state index contributed by atoms with van der Waals surface area (Å²) in [7, 11) is 0. The largest absolute Gasteiger partial charge is 0.210 e. The first kappa shape index (κ1) is 10.4. The van der Waals surface area contributed by atoms with Gasteiger partial charge in [-0.1, -0.05) is 34.8 Å². The lowest BCUT2D eigenvalue weighted by Gasteiger charge is -2.26. The highest BCUT2D eigenvalue weighted by molar-refractivity contribution is 6.71. The number of halogens is 5. The monoisotopic (exact) mass is 228 g/mol. The molecule has 0 radical (unpaired) electrons. The van der Waals surface area contributed by atoms with Gasteiger partial charge in [-0.3, -0.25) is 0 Å². The van der Waals surface area contributed by atoms with Crippen molar-refractivity contribution in [1.29, 1.82) is 0 Å². The average Bonchev–Trinajstić information content (AvgIpc) is 1.64. The fraction of sp³-hybridized carbons (Fsp3) is 1.00. The molecule has 0 aliphatic carbocycles. The predicted molar refractivity (Wildman–Crippen MR) is 45.3 cm³/mol. The third kappa shape index (κ3) is 2.90. The van der Waals surface area contributed by atoms with Crippen molar-refractivity contribution >= 4 is 58.0 Å². The van der Waals surface area contributed by atoms with Crippen LogP contribution in [0.25, 0.3) is 0 Å². The van der Waals surface area contributed by atoms with Crippen LogP contribution in [0.3, 0.4) is 0 Å². The molecular formula is C4H5Cl5. The average molecular weight is 230 g/mol. The molecule has 0 aromatic heterocycles. The van der Waals surface area contributed by atoms with E-state index < -0.39 is 8.67 Å². The van der Waals surface area contributed by atoms with Crippen LogP contribution in [0.1, 0.15) is 6.92 Å². The Balaban J connectivity index is 4.14. The Morgan fingerprint density at radius 2 is 1.44 bits per heavy atom. The predicted octanol–water partition coefficient (Wildman–Crippen LogP) is 3.59. The van der Waals surface area contributed by atoms with Crippen molar-refractivity contribution in [2.75, 3.05) is 5.88 Å². The van der Waals surface area contributed by atoms with Gasteiger partial charge in [0.1, 0.15) is 4.87 Å². The van der Waals surface area contributed by atoms with Gasteiger partial charge in [-0.05, 0) is 6.92 Å². The molecule has 0 amide bonds. The molecule has 0 aromatic carbocycles. The lowest BCUT2D eigenvalue weighted by Crippen LogP contribution is -2.35. The molecule has 5 heteroatoms. The van der Waals surface area contributed by atoms with Crippen LogP contribution < -0.4 is 0 Å². The quantitative estimate of drug-likeness (QED) is 0.604. The Kier molecular flexibility index (Phi) is 3.75. The van der Waals surface area contributed by atoms with E-state index in [2.05, 4.69) is 0 Å². The zero-order valence-corrected chi connectivity index (χ0v) is 8.38. The molecule has 0 bridgehead atoms. The lowest BCUT2D eigenvalue weighted by atomic mass is 10.2. The molecule has 0 heterocycles. The van der Waals surface area contributed by atoms with Crippen LogP contribution in [0, 0.1) is 0 Å². The maximum Gasteiger partial charge on any atom is 0.210 e. The summed E-state index contributed by atoms with van der Waals surface area (Å²) in [4.78, 5) is -0.987. The van der Waals surface area contributed by atoms with Crippen LogP contribution >= 0.6 is 58.0 Å². The minimum absolute atomic E-state index is 0.102. The molecule has 0 N–H and O–H groups in total. The van der Waals surface area contributed by atoms with Gasteiger partial charge in [0, 0.05) is 5.88 Å². The second-order valence-corrected chi connectivity index (χ2v) is 5.21. The smallest absolute Gasteiger partial charge is 0.125 e. The Labute approximate surface area is 79.4 Å².